The molecule has 0 bridgehead atoms. The number of hydrogen-bond donors (Lipinski definition) is 1. The zero-order valence-corrected chi connectivity index (χ0v) is 11.7. The number of carbonyl (C=O) groups is 1. The Hall–Kier alpha value is -3.23. The maximum atomic E-state index is 10.8. The summed E-state index contributed by atoms with van der Waals surface area (Å²) >= 11 is 0. The Balaban J connectivity index is 2.38. The van der Waals surface area contributed by atoms with Gasteiger partial charge in [-0.3, -0.25) is 19.6 Å². The number of hydrazone groups is 1. The summed E-state index contributed by atoms with van der Waals surface area (Å²) in [7, 11) is 0. The number of carbonyl (C=O) groups excluding carboxylic acids is 1. The lowest BCUT2D eigenvalue weighted by atomic mass is 10.2. The maximum absolute atomic E-state index is 10.8. The molecule has 9 heteroatoms. The molecule has 2 rings (SSSR count). The first-order valence-electron chi connectivity index (χ1n) is 6.24. The van der Waals surface area contributed by atoms with E-state index < -0.39 is 4.92 Å². The highest BCUT2D eigenvalue weighted by atomic mass is 16.6. The monoisotopic (exact) mass is 303 g/mol. The number of amides is 1. The van der Waals surface area contributed by atoms with E-state index in [1.807, 2.05) is 0 Å². The van der Waals surface area contributed by atoms with Gasteiger partial charge in [-0.2, -0.15) is 10.2 Å². The minimum absolute atomic E-state index is 0.235. The molecule has 0 atom stereocenters. The molecule has 0 fully saturated rings. The SMILES string of the molecule is C=CCn1cc(/C=N/NC(C)=O)c(-c2ccc([N+](=O)[O-])o2)n1. The first-order chi connectivity index (χ1) is 10.5. The predicted molar refractivity (Wildman–Crippen MR) is 78.2 cm³/mol. The summed E-state index contributed by atoms with van der Waals surface area (Å²) in [6.07, 6.45) is 4.70. The van der Waals surface area contributed by atoms with Crippen molar-refractivity contribution in [3.05, 3.63) is 46.7 Å². The van der Waals surface area contributed by atoms with Crippen molar-refractivity contribution >= 4 is 18.0 Å². The van der Waals surface area contributed by atoms with Crippen molar-refractivity contribution in [1.29, 1.82) is 0 Å². The van der Waals surface area contributed by atoms with E-state index in [0.29, 0.717) is 17.8 Å². The quantitative estimate of drug-likeness (QED) is 0.377. The fraction of sp³-hybridized carbons (Fsp3) is 0.154. The van der Waals surface area contributed by atoms with Crippen LogP contribution in [0.3, 0.4) is 0 Å². The van der Waals surface area contributed by atoms with Gasteiger partial charge < -0.3 is 4.42 Å². The van der Waals surface area contributed by atoms with Crippen molar-refractivity contribution in [1.82, 2.24) is 15.2 Å². The standard InChI is InChI=1S/C13H13N5O4/c1-3-6-17-8-10(7-14-15-9(2)19)13(16-17)11-4-5-12(22-11)18(20)21/h3-5,7-8H,1,6H2,2H3,(H,15,19)/b14-7+. The molecule has 2 aromatic rings. The molecule has 0 aliphatic rings. The van der Waals surface area contributed by atoms with E-state index >= 15 is 0 Å². The second kappa shape index (κ2) is 6.48. The molecule has 0 unspecified atom stereocenters. The Bertz CT molecular complexity index is 743. The van der Waals surface area contributed by atoms with Crippen molar-refractivity contribution in [3.8, 4) is 11.5 Å². The van der Waals surface area contributed by atoms with Crippen LogP contribution < -0.4 is 5.43 Å². The molecule has 0 radical (unpaired) electrons. The lowest BCUT2D eigenvalue weighted by Gasteiger charge is -1.93. The van der Waals surface area contributed by atoms with Crippen LogP contribution in [0.4, 0.5) is 5.88 Å². The summed E-state index contributed by atoms with van der Waals surface area (Å²) in [5, 5.41) is 18.7. The van der Waals surface area contributed by atoms with Crippen molar-refractivity contribution in [3.63, 3.8) is 0 Å². The predicted octanol–water partition coefficient (Wildman–Crippen LogP) is 1.71. The first kappa shape index (κ1) is 15.2. The van der Waals surface area contributed by atoms with Crippen LogP contribution in [0.15, 0.2) is 40.5 Å². The van der Waals surface area contributed by atoms with Crippen molar-refractivity contribution in [2.24, 2.45) is 5.10 Å². The van der Waals surface area contributed by atoms with E-state index in [0.717, 1.165) is 0 Å². The number of allylic oxidation sites excluding steroid dienone is 1. The highest BCUT2D eigenvalue weighted by Crippen LogP contribution is 2.26. The van der Waals surface area contributed by atoms with Gasteiger partial charge in [0, 0.05) is 18.7 Å². The van der Waals surface area contributed by atoms with E-state index in [4.69, 9.17) is 4.42 Å². The topological polar surface area (TPSA) is 116 Å². The molecule has 0 aliphatic carbocycles. The molecule has 9 nitrogen and oxygen atoms in total. The van der Waals surface area contributed by atoms with E-state index in [1.165, 1.54) is 25.3 Å². The molecule has 0 aliphatic heterocycles. The number of aromatic nitrogens is 2. The molecule has 0 saturated heterocycles. The Morgan fingerprint density at radius 1 is 1.64 bits per heavy atom. The maximum Gasteiger partial charge on any atom is 0.433 e. The summed E-state index contributed by atoms with van der Waals surface area (Å²) in [4.78, 5) is 20.9. The average Bonchev–Trinajstić information content (AvgIpc) is 3.05. The molecular formula is C13H13N5O4. The molecular weight excluding hydrogens is 290 g/mol. The number of hydrogen-bond acceptors (Lipinski definition) is 6. The smallest absolute Gasteiger partial charge is 0.399 e. The third-order valence-electron chi connectivity index (χ3n) is 2.54. The fourth-order valence-corrected chi connectivity index (χ4v) is 1.69. The van der Waals surface area contributed by atoms with E-state index in [2.05, 4.69) is 22.2 Å². The van der Waals surface area contributed by atoms with Gasteiger partial charge in [0.15, 0.2) is 5.76 Å². The van der Waals surface area contributed by atoms with Gasteiger partial charge in [0.1, 0.15) is 10.6 Å². The van der Waals surface area contributed by atoms with Gasteiger partial charge in [-0.1, -0.05) is 6.08 Å². The van der Waals surface area contributed by atoms with Gasteiger partial charge >= 0.3 is 5.88 Å². The van der Waals surface area contributed by atoms with Gasteiger partial charge in [0.2, 0.25) is 5.91 Å². The van der Waals surface area contributed by atoms with Crippen LogP contribution in [0.5, 0.6) is 0 Å². The number of nitrogens with zero attached hydrogens (tertiary/aromatic N) is 4. The van der Waals surface area contributed by atoms with Crippen LogP contribution in [0, 0.1) is 10.1 Å². The Morgan fingerprint density at radius 3 is 3.00 bits per heavy atom. The van der Waals surface area contributed by atoms with E-state index in [1.54, 1.807) is 17.0 Å². The van der Waals surface area contributed by atoms with Crippen LogP contribution in [0.25, 0.3) is 11.5 Å². The van der Waals surface area contributed by atoms with Crippen LogP contribution >= 0.6 is 0 Å². The first-order valence-corrected chi connectivity index (χ1v) is 6.24. The van der Waals surface area contributed by atoms with Crippen LogP contribution in [0.2, 0.25) is 0 Å². The molecule has 0 saturated carbocycles. The van der Waals surface area contributed by atoms with Crippen molar-refractivity contribution in [2.45, 2.75) is 13.5 Å². The number of furan rings is 1. The van der Waals surface area contributed by atoms with Crippen molar-refractivity contribution < 1.29 is 14.1 Å². The fourth-order valence-electron chi connectivity index (χ4n) is 1.69. The van der Waals surface area contributed by atoms with E-state index in [-0.39, 0.29) is 17.6 Å². The second-order valence-corrected chi connectivity index (χ2v) is 4.26. The van der Waals surface area contributed by atoms with E-state index in [9.17, 15) is 14.9 Å². The van der Waals surface area contributed by atoms with Gasteiger partial charge in [0.05, 0.1) is 18.8 Å². The number of rotatable bonds is 6. The summed E-state index contributed by atoms with van der Waals surface area (Å²) in [6, 6.07) is 2.70. The highest BCUT2D eigenvalue weighted by Gasteiger charge is 2.18. The third kappa shape index (κ3) is 3.45. The summed E-state index contributed by atoms with van der Waals surface area (Å²) in [5.41, 5.74) is 3.19. The Morgan fingerprint density at radius 2 is 2.41 bits per heavy atom. The molecule has 1 N–H and O–H groups in total. The van der Waals surface area contributed by atoms with Crippen molar-refractivity contribution in [2.75, 3.05) is 0 Å². The minimum Gasteiger partial charge on any atom is -0.399 e. The Labute approximate surface area is 125 Å². The van der Waals surface area contributed by atoms with Crippen LogP contribution in [0.1, 0.15) is 12.5 Å². The molecule has 1 amide bonds. The largest absolute Gasteiger partial charge is 0.433 e. The zero-order valence-electron chi connectivity index (χ0n) is 11.7. The van der Waals surface area contributed by atoms with Crippen LogP contribution in [-0.4, -0.2) is 26.8 Å². The second-order valence-electron chi connectivity index (χ2n) is 4.26. The lowest BCUT2D eigenvalue weighted by molar-refractivity contribution is -0.401. The highest BCUT2D eigenvalue weighted by molar-refractivity contribution is 5.88. The molecule has 22 heavy (non-hydrogen) atoms. The molecule has 0 aromatic carbocycles. The normalized spacial score (nSPS) is 10.8. The molecule has 2 heterocycles. The summed E-state index contributed by atoms with van der Waals surface area (Å²) in [6.45, 7) is 5.39. The molecule has 114 valence electrons. The third-order valence-corrected chi connectivity index (χ3v) is 2.54. The molecule has 2 aromatic heterocycles. The van der Waals surface area contributed by atoms with Crippen LogP contribution in [-0.2, 0) is 11.3 Å². The van der Waals surface area contributed by atoms with Gasteiger partial charge in [0.25, 0.3) is 0 Å². The minimum atomic E-state index is -0.630. The zero-order chi connectivity index (χ0) is 16.1. The van der Waals surface area contributed by atoms with Gasteiger partial charge in [-0.05, 0) is 6.07 Å². The number of nitro groups is 1. The average molecular weight is 303 g/mol. The Kier molecular flexibility index (Phi) is 4.47. The number of nitrogens with one attached hydrogen (secondary N) is 1. The summed E-state index contributed by atoms with van der Waals surface area (Å²) < 4.78 is 6.72. The molecule has 0 spiro atoms. The van der Waals surface area contributed by atoms with Gasteiger partial charge in [-0.15, -0.1) is 6.58 Å². The lowest BCUT2D eigenvalue weighted by Crippen LogP contribution is -2.12. The van der Waals surface area contributed by atoms with Gasteiger partial charge in [-0.25, -0.2) is 5.43 Å². The summed E-state index contributed by atoms with van der Waals surface area (Å²) in [5.74, 6) is -0.457.